The number of ether oxygens (including phenoxy) is 4. The third-order valence-corrected chi connectivity index (χ3v) is 24.1. The van der Waals surface area contributed by atoms with Crippen LogP contribution in [0.4, 0.5) is 0 Å². The molecule has 0 spiro atoms. The van der Waals surface area contributed by atoms with E-state index in [0.717, 1.165) is 102 Å². The van der Waals surface area contributed by atoms with Crippen LogP contribution in [0, 0.1) is 11.8 Å². The molecule has 0 radical (unpaired) electrons. The molecule has 110 heavy (non-hydrogen) atoms. The molecule has 0 saturated heterocycles. The van der Waals surface area contributed by atoms with Gasteiger partial charge < -0.3 is 33.8 Å². The number of aliphatic hydroxyl groups excluding tert-OH is 1. The highest BCUT2D eigenvalue weighted by Crippen LogP contribution is 2.45. The zero-order valence-corrected chi connectivity index (χ0v) is 74.4. The number of unbranched alkanes of at least 4 members (excludes halogenated alkanes) is 58. The Kier molecular flexibility index (Phi) is 80.7. The molecule has 0 rings (SSSR count). The van der Waals surface area contributed by atoms with E-state index in [1.165, 1.54) is 308 Å². The van der Waals surface area contributed by atoms with E-state index in [1.54, 1.807) is 0 Å². The van der Waals surface area contributed by atoms with Crippen molar-refractivity contribution in [2.75, 3.05) is 39.6 Å². The summed E-state index contributed by atoms with van der Waals surface area (Å²) in [5.41, 5.74) is 0. The number of rotatable bonds is 90. The summed E-state index contributed by atoms with van der Waals surface area (Å²) < 4.78 is 69.1. The summed E-state index contributed by atoms with van der Waals surface area (Å²) >= 11 is 0. The predicted molar refractivity (Wildman–Crippen MR) is 455 cm³/mol. The van der Waals surface area contributed by atoms with E-state index >= 15 is 0 Å². The van der Waals surface area contributed by atoms with E-state index < -0.39 is 97.5 Å². The molecule has 7 atom stereocenters. The van der Waals surface area contributed by atoms with Crippen LogP contribution in [-0.4, -0.2) is 96.7 Å². The van der Waals surface area contributed by atoms with Crippen LogP contribution in [-0.2, 0) is 65.4 Å². The fourth-order valence-corrected chi connectivity index (χ4v) is 15.8. The molecule has 0 aromatic carbocycles. The highest BCUT2D eigenvalue weighted by atomic mass is 31.2. The van der Waals surface area contributed by atoms with Gasteiger partial charge in [0.2, 0.25) is 0 Å². The fraction of sp³-hybridized carbons (Fsp3) is 0.956. The molecule has 0 aliphatic heterocycles. The fourth-order valence-electron chi connectivity index (χ4n) is 14.2. The summed E-state index contributed by atoms with van der Waals surface area (Å²) in [4.78, 5) is 73.4. The van der Waals surface area contributed by atoms with Gasteiger partial charge in [0.15, 0.2) is 12.2 Å². The molecule has 0 aromatic heterocycles. The Morgan fingerprint density at radius 1 is 0.255 bits per heavy atom. The van der Waals surface area contributed by atoms with Crippen LogP contribution < -0.4 is 0 Å². The van der Waals surface area contributed by atoms with Crippen LogP contribution >= 0.6 is 15.6 Å². The maximum atomic E-state index is 13.2. The molecular formula is C91H178O17P2. The summed E-state index contributed by atoms with van der Waals surface area (Å²) in [7, 11) is -9.94. The lowest BCUT2D eigenvalue weighted by atomic mass is 9.99. The van der Waals surface area contributed by atoms with Crippen molar-refractivity contribution in [2.45, 2.75) is 509 Å². The first-order chi connectivity index (χ1) is 53.4. The van der Waals surface area contributed by atoms with Crippen molar-refractivity contribution in [3.05, 3.63) is 0 Å². The number of phosphoric acid groups is 2. The summed E-state index contributed by atoms with van der Waals surface area (Å²) in [6.07, 6.45) is 76.4. The Labute approximate surface area is 677 Å². The normalized spacial score (nSPS) is 14.2. The van der Waals surface area contributed by atoms with Crippen LogP contribution in [0.5, 0.6) is 0 Å². The Balaban J connectivity index is 5.25. The topological polar surface area (TPSA) is 237 Å². The van der Waals surface area contributed by atoms with Crippen molar-refractivity contribution >= 4 is 39.5 Å². The van der Waals surface area contributed by atoms with Gasteiger partial charge in [-0.2, -0.15) is 0 Å². The maximum absolute atomic E-state index is 13.2. The van der Waals surface area contributed by atoms with E-state index in [-0.39, 0.29) is 25.7 Å². The van der Waals surface area contributed by atoms with Gasteiger partial charge >= 0.3 is 39.5 Å². The zero-order chi connectivity index (χ0) is 80.6. The molecule has 0 amide bonds. The van der Waals surface area contributed by atoms with Gasteiger partial charge in [-0.3, -0.25) is 37.3 Å². The van der Waals surface area contributed by atoms with Crippen LogP contribution in [0.3, 0.4) is 0 Å². The van der Waals surface area contributed by atoms with Gasteiger partial charge in [0.25, 0.3) is 0 Å². The Morgan fingerprint density at radius 3 is 0.645 bits per heavy atom. The minimum absolute atomic E-state index is 0.108. The predicted octanol–water partition coefficient (Wildman–Crippen LogP) is 28.2. The van der Waals surface area contributed by atoms with Gasteiger partial charge in [0.1, 0.15) is 19.3 Å². The first-order valence-corrected chi connectivity index (χ1v) is 50.1. The first kappa shape index (κ1) is 108. The number of hydrogen-bond acceptors (Lipinski definition) is 15. The smallest absolute Gasteiger partial charge is 0.462 e. The standard InChI is InChI=1S/C91H178O17P2/c1-7-11-13-15-17-19-21-23-25-27-29-30-32-34-36-41-45-49-57-63-69-75-90(95)107-86(79-101-88(93)73-67-61-55-48-44-40-35-33-31-28-26-24-22-20-18-16-14-12-8-2)81-105-109(97,98)103-77-85(92)78-104-110(99,100)106-82-87(80-102-89(94)74-68-62-56-52-51-54-60-66-72-84(6)10-4)108-91(96)76-70-64-58-50-46-42-38-37-39-43-47-53-59-65-71-83(5)9-3/h83-87,92H,7-82H2,1-6H3,(H,97,98)(H,99,100)/t83?,84?,85-,86-,87-/m1/s1. The molecule has 19 heteroatoms. The summed E-state index contributed by atoms with van der Waals surface area (Å²) in [5.74, 6) is -0.473. The van der Waals surface area contributed by atoms with E-state index in [4.69, 9.17) is 37.0 Å². The average molecular weight is 1610 g/mol. The van der Waals surface area contributed by atoms with Gasteiger partial charge in [-0.15, -0.1) is 0 Å². The van der Waals surface area contributed by atoms with Crippen LogP contribution in [0.2, 0.25) is 0 Å². The molecule has 0 aromatic rings. The monoisotopic (exact) mass is 1610 g/mol. The second-order valence-corrected chi connectivity index (χ2v) is 36.1. The van der Waals surface area contributed by atoms with Crippen molar-refractivity contribution in [1.29, 1.82) is 0 Å². The van der Waals surface area contributed by atoms with Crippen molar-refractivity contribution in [1.82, 2.24) is 0 Å². The van der Waals surface area contributed by atoms with Gasteiger partial charge in [-0.25, -0.2) is 9.13 Å². The summed E-state index contributed by atoms with van der Waals surface area (Å²) in [6.45, 7) is 9.76. The molecule has 0 saturated carbocycles. The Hall–Kier alpha value is -1.94. The largest absolute Gasteiger partial charge is 0.472 e. The molecule has 0 fully saturated rings. The molecule has 0 bridgehead atoms. The van der Waals surface area contributed by atoms with Gasteiger partial charge in [-0.05, 0) is 37.5 Å². The molecule has 4 unspecified atom stereocenters. The second-order valence-electron chi connectivity index (χ2n) is 33.2. The van der Waals surface area contributed by atoms with Gasteiger partial charge in [-0.1, -0.05) is 440 Å². The first-order valence-electron chi connectivity index (χ1n) is 47.1. The van der Waals surface area contributed by atoms with Crippen molar-refractivity contribution in [2.24, 2.45) is 11.8 Å². The summed E-state index contributed by atoms with van der Waals surface area (Å²) in [6, 6.07) is 0. The molecule has 654 valence electrons. The lowest BCUT2D eigenvalue weighted by molar-refractivity contribution is -0.161. The highest BCUT2D eigenvalue weighted by Gasteiger charge is 2.31. The SMILES string of the molecule is CCCCCCCCCCCCCCCCCCCCCCCC(=O)O[C@H](COC(=O)CCCCCCCCCCCCCCCCCCCCC)COP(=O)(O)OC[C@@H](O)COP(=O)(O)OC[C@@H](COC(=O)CCCCCCCCCCC(C)CC)OC(=O)CCCCCCCCCCCCCCCCC(C)CC. The third-order valence-electron chi connectivity index (χ3n) is 22.2. The number of carbonyl (C=O) groups is 4. The van der Waals surface area contributed by atoms with E-state index in [2.05, 4.69) is 41.5 Å². The molecular weight excluding hydrogens is 1430 g/mol. The molecule has 0 aliphatic carbocycles. The zero-order valence-electron chi connectivity index (χ0n) is 72.6. The Bertz CT molecular complexity index is 2100. The lowest BCUT2D eigenvalue weighted by Gasteiger charge is -2.21. The third kappa shape index (κ3) is 81.2. The van der Waals surface area contributed by atoms with E-state index in [9.17, 15) is 43.2 Å². The van der Waals surface area contributed by atoms with Crippen LogP contribution in [0.15, 0.2) is 0 Å². The number of hydrogen-bond donors (Lipinski definition) is 3. The maximum Gasteiger partial charge on any atom is 0.472 e. The van der Waals surface area contributed by atoms with Gasteiger partial charge in [0, 0.05) is 25.7 Å². The van der Waals surface area contributed by atoms with Crippen molar-refractivity contribution in [3.8, 4) is 0 Å². The minimum Gasteiger partial charge on any atom is -0.462 e. The van der Waals surface area contributed by atoms with Crippen molar-refractivity contribution < 1.29 is 80.2 Å². The summed E-state index contributed by atoms with van der Waals surface area (Å²) in [5, 5.41) is 10.7. The van der Waals surface area contributed by atoms with Crippen LogP contribution in [0.1, 0.15) is 491 Å². The highest BCUT2D eigenvalue weighted by molar-refractivity contribution is 7.47. The number of phosphoric ester groups is 2. The second kappa shape index (κ2) is 82.2. The number of aliphatic hydroxyl groups is 1. The van der Waals surface area contributed by atoms with Gasteiger partial charge in [0.05, 0.1) is 26.4 Å². The van der Waals surface area contributed by atoms with Crippen molar-refractivity contribution in [3.63, 3.8) is 0 Å². The van der Waals surface area contributed by atoms with Crippen LogP contribution in [0.25, 0.3) is 0 Å². The minimum atomic E-state index is -4.97. The van der Waals surface area contributed by atoms with E-state index in [0.29, 0.717) is 25.7 Å². The van der Waals surface area contributed by atoms with E-state index in [1.807, 2.05) is 0 Å². The molecule has 17 nitrogen and oxygen atoms in total. The number of esters is 4. The Morgan fingerprint density at radius 2 is 0.436 bits per heavy atom. The molecule has 0 aliphatic rings. The quantitative estimate of drug-likeness (QED) is 0.0222. The molecule has 0 heterocycles. The lowest BCUT2D eigenvalue weighted by Crippen LogP contribution is -2.30. The average Bonchev–Trinajstić information content (AvgIpc) is 0.916. The molecule has 3 N–H and O–H groups in total. The number of carbonyl (C=O) groups excluding carboxylic acids is 4.